The SMILES string of the molecule is CC(C)c1ccccc1OCCNC(=O)[C@H]1CCCN1S(=O)(=O)c1ccc(Cl)cc1. The van der Waals surface area contributed by atoms with Gasteiger partial charge in [0, 0.05) is 11.6 Å². The predicted octanol–water partition coefficient (Wildman–Crippen LogP) is 3.81. The van der Waals surface area contributed by atoms with E-state index in [4.69, 9.17) is 16.3 Å². The first-order valence-electron chi connectivity index (χ1n) is 10.1. The van der Waals surface area contributed by atoms with E-state index in [9.17, 15) is 13.2 Å². The maximum absolute atomic E-state index is 13.0. The van der Waals surface area contributed by atoms with Gasteiger partial charge in [0.05, 0.1) is 11.4 Å². The van der Waals surface area contributed by atoms with Gasteiger partial charge in [-0.2, -0.15) is 4.31 Å². The molecule has 0 radical (unpaired) electrons. The van der Waals surface area contributed by atoms with Crippen LogP contribution >= 0.6 is 11.6 Å². The molecule has 2 aromatic carbocycles. The molecule has 2 aromatic rings. The van der Waals surface area contributed by atoms with Gasteiger partial charge in [-0.1, -0.05) is 43.6 Å². The van der Waals surface area contributed by atoms with Gasteiger partial charge >= 0.3 is 0 Å². The molecular weight excluding hydrogens is 424 g/mol. The lowest BCUT2D eigenvalue weighted by Gasteiger charge is -2.23. The van der Waals surface area contributed by atoms with Crippen molar-refractivity contribution in [2.75, 3.05) is 19.7 Å². The van der Waals surface area contributed by atoms with Crippen molar-refractivity contribution in [2.45, 2.75) is 43.5 Å². The normalized spacial score (nSPS) is 17.3. The number of hydrogen-bond acceptors (Lipinski definition) is 4. The van der Waals surface area contributed by atoms with Crippen molar-refractivity contribution in [1.29, 1.82) is 0 Å². The number of nitrogens with zero attached hydrogens (tertiary/aromatic N) is 1. The van der Waals surface area contributed by atoms with Crippen LogP contribution in [0.25, 0.3) is 0 Å². The zero-order valence-corrected chi connectivity index (χ0v) is 18.7. The van der Waals surface area contributed by atoms with E-state index in [2.05, 4.69) is 19.2 Å². The van der Waals surface area contributed by atoms with E-state index in [1.165, 1.54) is 28.6 Å². The van der Waals surface area contributed by atoms with Crippen molar-refractivity contribution in [3.05, 3.63) is 59.1 Å². The lowest BCUT2D eigenvalue weighted by atomic mass is 10.0. The minimum absolute atomic E-state index is 0.139. The average Bonchev–Trinajstić information content (AvgIpc) is 3.22. The minimum Gasteiger partial charge on any atom is -0.491 e. The number of carbonyl (C=O) groups is 1. The fourth-order valence-corrected chi connectivity index (χ4v) is 5.36. The number of halogens is 1. The van der Waals surface area contributed by atoms with Crippen LogP contribution in [0.2, 0.25) is 5.02 Å². The highest BCUT2D eigenvalue weighted by Crippen LogP contribution is 2.27. The first-order valence-corrected chi connectivity index (χ1v) is 11.9. The van der Waals surface area contributed by atoms with Crippen LogP contribution in [-0.4, -0.2) is 44.4 Å². The standard InChI is InChI=1S/C22H27ClN2O4S/c1-16(2)19-6-3-4-8-21(19)29-15-13-24-22(26)20-7-5-14-25(20)30(27,28)18-11-9-17(23)10-12-18/h3-4,6,8-12,16,20H,5,7,13-15H2,1-2H3,(H,24,26)/t20-/m1/s1. The molecule has 1 N–H and O–H groups in total. The summed E-state index contributed by atoms with van der Waals surface area (Å²) < 4.78 is 33.0. The third-order valence-electron chi connectivity index (χ3n) is 5.13. The van der Waals surface area contributed by atoms with Crippen LogP contribution < -0.4 is 10.1 Å². The third-order valence-corrected chi connectivity index (χ3v) is 7.30. The highest BCUT2D eigenvalue weighted by Gasteiger charge is 2.39. The molecule has 1 aliphatic rings. The molecule has 6 nitrogen and oxygen atoms in total. The molecule has 1 fully saturated rings. The molecule has 1 atom stereocenters. The number of sulfonamides is 1. The van der Waals surface area contributed by atoms with E-state index >= 15 is 0 Å². The summed E-state index contributed by atoms with van der Waals surface area (Å²) in [5.41, 5.74) is 1.11. The van der Waals surface area contributed by atoms with Gasteiger partial charge in [-0.15, -0.1) is 0 Å². The van der Waals surface area contributed by atoms with Crippen LogP contribution in [0.3, 0.4) is 0 Å². The Morgan fingerprint density at radius 1 is 1.20 bits per heavy atom. The molecular formula is C22H27ClN2O4S. The van der Waals surface area contributed by atoms with E-state index in [0.717, 1.165) is 11.3 Å². The second-order valence-corrected chi connectivity index (χ2v) is 9.89. The quantitative estimate of drug-likeness (QED) is 0.620. The summed E-state index contributed by atoms with van der Waals surface area (Å²) in [4.78, 5) is 12.8. The Morgan fingerprint density at radius 3 is 2.60 bits per heavy atom. The van der Waals surface area contributed by atoms with Crippen molar-refractivity contribution in [3.63, 3.8) is 0 Å². The molecule has 1 aliphatic heterocycles. The number of carbonyl (C=O) groups excluding carboxylic acids is 1. The number of amides is 1. The molecule has 0 saturated carbocycles. The Hall–Kier alpha value is -2.09. The van der Waals surface area contributed by atoms with Crippen molar-refractivity contribution in [1.82, 2.24) is 9.62 Å². The molecule has 1 heterocycles. The van der Waals surface area contributed by atoms with Crippen molar-refractivity contribution < 1.29 is 17.9 Å². The zero-order valence-electron chi connectivity index (χ0n) is 17.2. The first kappa shape index (κ1) is 22.6. The van der Waals surface area contributed by atoms with Gasteiger partial charge in [-0.05, 0) is 54.7 Å². The van der Waals surface area contributed by atoms with Gasteiger partial charge in [-0.3, -0.25) is 4.79 Å². The van der Waals surface area contributed by atoms with Crippen molar-refractivity contribution >= 4 is 27.5 Å². The van der Waals surface area contributed by atoms with Gasteiger partial charge in [-0.25, -0.2) is 8.42 Å². The summed E-state index contributed by atoms with van der Waals surface area (Å²) in [6.45, 7) is 5.13. The number of rotatable bonds is 8. The summed E-state index contributed by atoms with van der Waals surface area (Å²) in [5, 5.41) is 3.28. The number of benzene rings is 2. The highest BCUT2D eigenvalue weighted by atomic mass is 35.5. The average molecular weight is 451 g/mol. The Labute approximate surface area is 183 Å². The van der Waals surface area contributed by atoms with E-state index in [1.807, 2.05) is 24.3 Å². The predicted molar refractivity (Wildman–Crippen MR) is 117 cm³/mol. The second kappa shape index (κ2) is 9.81. The van der Waals surface area contributed by atoms with Crippen LogP contribution in [0, 0.1) is 0 Å². The van der Waals surface area contributed by atoms with Gasteiger partial charge in [0.2, 0.25) is 15.9 Å². The summed E-state index contributed by atoms with van der Waals surface area (Å²) in [6, 6.07) is 13.1. The largest absolute Gasteiger partial charge is 0.491 e. The minimum atomic E-state index is -3.76. The van der Waals surface area contributed by atoms with E-state index in [1.54, 1.807) is 0 Å². The van der Waals surface area contributed by atoms with E-state index in [0.29, 0.717) is 43.5 Å². The number of nitrogens with one attached hydrogen (secondary N) is 1. The Morgan fingerprint density at radius 2 is 1.90 bits per heavy atom. The van der Waals surface area contributed by atoms with E-state index in [-0.39, 0.29) is 10.8 Å². The van der Waals surface area contributed by atoms with Crippen LogP contribution in [0.5, 0.6) is 5.75 Å². The van der Waals surface area contributed by atoms with Crippen LogP contribution in [0.15, 0.2) is 53.4 Å². The Kier molecular flexibility index (Phi) is 7.39. The Bertz CT molecular complexity index is 977. The van der Waals surface area contributed by atoms with Gasteiger partial charge < -0.3 is 10.1 Å². The fourth-order valence-electron chi connectivity index (χ4n) is 3.57. The number of para-hydroxylation sites is 1. The highest BCUT2D eigenvalue weighted by molar-refractivity contribution is 7.89. The molecule has 3 rings (SSSR count). The Balaban J connectivity index is 1.58. The molecule has 1 saturated heterocycles. The molecule has 0 unspecified atom stereocenters. The van der Waals surface area contributed by atoms with Gasteiger partial charge in [0.15, 0.2) is 0 Å². The van der Waals surface area contributed by atoms with Crippen molar-refractivity contribution in [3.8, 4) is 5.75 Å². The van der Waals surface area contributed by atoms with E-state index < -0.39 is 16.1 Å². The first-order chi connectivity index (χ1) is 14.3. The third kappa shape index (κ3) is 5.14. The van der Waals surface area contributed by atoms with Crippen molar-refractivity contribution in [2.24, 2.45) is 0 Å². The molecule has 0 bridgehead atoms. The summed E-state index contributed by atoms with van der Waals surface area (Å²) in [5.74, 6) is 0.834. The number of ether oxygens (including phenoxy) is 1. The number of hydrogen-bond donors (Lipinski definition) is 1. The molecule has 0 aliphatic carbocycles. The molecule has 162 valence electrons. The summed E-state index contributed by atoms with van der Waals surface area (Å²) in [6.07, 6.45) is 1.14. The molecule has 1 amide bonds. The van der Waals surface area contributed by atoms with Crippen LogP contribution in [-0.2, 0) is 14.8 Å². The molecule has 0 aromatic heterocycles. The molecule has 30 heavy (non-hydrogen) atoms. The smallest absolute Gasteiger partial charge is 0.243 e. The summed E-state index contributed by atoms with van der Waals surface area (Å²) in [7, 11) is -3.76. The van der Waals surface area contributed by atoms with Gasteiger partial charge in [0.25, 0.3) is 0 Å². The fraction of sp³-hybridized carbons (Fsp3) is 0.409. The molecule has 0 spiro atoms. The lowest BCUT2D eigenvalue weighted by molar-refractivity contribution is -0.124. The zero-order chi connectivity index (χ0) is 21.7. The van der Waals surface area contributed by atoms with Gasteiger partial charge in [0.1, 0.15) is 18.4 Å². The second-order valence-electron chi connectivity index (χ2n) is 7.56. The van der Waals surface area contributed by atoms with Crippen LogP contribution in [0.1, 0.15) is 38.2 Å². The maximum Gasteiger partial charge on any atom is 0.243 e. The lowest BCUT2D eigenvalue weighted by Crippen LogP contribution is -2.46. The summed E-state index contributed by atoms with van der Waals surface area (Å²) >= 11 is 5.86. The maximum atomic E-state index is 13.0. The molecule has 8 heteroatoms. The topological polar surface area (TPSA) is 75.7 Å². The monoisotopic (exact) mass is 450 g/mol. The van der Waals surface area contributed by atoms with Crippen LogP contribution in [0.4, 0.5) is 0 Å².